The number of rotatable bonds is 11. The van der Waals surface area contributed by atoms with Crippen LogP contribution >= 0.6 is 0 Å². The summed E-state index contributed by atoms with van der Waals surface area (Å²) >= 11 is 0. The standard InChI is InChI=1S/C21H30N4O2/c1-2-3-4-5-6-7-14-23-21(22)24-16-17-10-12-18(13-11-17)25-20(26)19-9-8-15-27-19/h8-13,15H,2-7,14,16H2,1H3,(H,25,26)(H3,22,23,24). The van der Waals surface area contributed by atoms with Crippen LogP contribution in [0.2, 0.25) is 0 Å². The van der Waals surface area contributed by atoms with E-state index in [-0.39, 0.29) is 11.7 Å². The van der Waals surface area contributed by atoms with Crippen molar-refractivity contribution in [2.75, 3.05) is 11.9 Å². The number of nitrogens with two attached hydrogens (primary N) is 1. The van der Waals surface area contributed by atoms with Gasteiger partial charge in [0.2, 0.25) is 0 Å². The van der Waals surface area contributed by atoms with Crippen molar-refractivity contribution in [3.8, 4) is 0 Å². The second-order valence-corrected chi connectivity index (χ2v) is 6.52. The molecule has 1 amide bonds. The first kappa shape index (κ1) is 20.6. The molecule has 0 bridgehead atoms. The smallest absolute Gasteiger partial charge is 0.291 e. The first-order valence-corrected chi connectivity index (χ1v) is 9.66. The Morgan fingerprint density at radius 1 is 1.07 bits per heavy atom. The van der Waals surface area contributed by atoms with E-state index in [1.54, 1.807) is 12.1 Å². The third-order valence-corrected chi connectivity index (χ3v) is 4.23. The molecule has 2 rings (SSSR count). The number of carbonyl (C=O) groups excluding carboxylic acids is 1. The molecule has 0 saturated carbocycles. The Morgan fingerprint density at radius 2 is 1.81 bits per heavy atom. The SMILES string of the molecule is CCCCCCCCNC(N)=NCc1ccc(NC(=O)c2ccco2)cc1. The zero-order valence-electron chi connectivity index (χ0n) is 16.0. The molecule has 6 heteroatoms. The van der Waals surface area contributed by atoms with E-state index in [0.29, 0.717) is 18.2 Å². The summed E-state index contributed by atoms with van der Waals surface area (Å²) in [6.45, 7) is 3.59. The maximum atomic E-state index is 11.9. The molecule has 1 heterocycles. The fourth-order valence-electron chi connectivity index (χ4n) is 2.65. The van der Waals surface area contributed by atoms with E-state index in [1.807, 2.05) is 24.3 Å². The number of nitrogens with zero attached hydrogens (tertiary/aromatic N) is 1. The molecule has 0 saturated heterocycles. The zero-order valence-corrected chi connectivity index (χ0v) is 16.0. The van der Waals surface area contributed by atoms with Crippen molar-refractivity contribution in [1.29, 1.82) is 0 Å². The molecule has 0 fully saturated rings. The molecule has 1 aromatic heterocycles. The van der Waals surface area contributed by atoms with Gasteiger partial charge in [0.15, 0.2) is 11.7 Å². The largest absolute Gasteiger partial charge is 0.459 e. The number of benzene rings is 1. The van der Waals surface area contributed by atoms with Crippen molar-refractivity contribution in [3.63, 3.8) is 0 Å². The van der Waals surface area contributed by atoms with E-state index < -0.39 is 0 Å². The lowest BCUT2D eigenvalue weighted by molar-refractivity contribution is 0.0996. The van der Waals surface area contributed by atoms with Gasteiger partial charge in [-0.3, -0.25) is 4.79 Å². The summed E-state index contributed by atoms with van der Waals surface area (Å²) in [7, 11) is 0. The number of unbranched alkanes of at least 4 members (excludes halogenated alkanes) is 5. The summed E-state index contributed by atoms with van der Waals surface area (Å²) < 4.78 is 5.07. The van der Waals surface area contributed by atoms with Crippen LogP contribution in [0.15, 0.2) is 52.1 Å². The number of hydrogen-bond acceptors (Lipinski definition) is 3. The zero-order chi connectivity index (χ0) is 19.3. The van der Waals surface area contributed by atoms with Crippen LogP contribution in [0.1, 0.15) is 61.6 Å². The summed E-state index contributed by atoms with van der Waals surface area (Å²) in [5, 5.41) is 5.94. The van der Waals surface area contributed by atoms with E-state index in [2.05, 4.69) is 22.5 Å². The lowest BCUT2D eigenvalue weighted by Crippen LogP contribution is -2.32. The normalized spacial score (nSPS) is 11.4. The van der Waals surface area contributed by atoms with E-state index in [4.69, 9.17) is 10.2 Å². The number of amides is 1. The van der Waals surface area contributed by atoms with E-state index in [9.17, 15) is 4.79 Å². The highest BCUT2D eigenvalue weighted by Crippen LogP contribution is 2.12. The monoisotopic (exact) mass is 370 g/mol. The van der Waals surface area contributed by atoms with Crippen molar-refractivity contribution in [1.82, 2.24) is 5.32 Å². The Balaban J connectivity index is 1.67. The van der Waals surface area contributed by atoms with Gasteiger partial charge in [0.1, 0.15) is 0 Å². The molecule has 0 aliphatic carbocycles. The maximum absolute atomic E-state index is 11.9. The van der Waals surface area contributed by atoms with Crippen LogP contribution in [0.25, 0.3) is 0 Å². The summed E-state index contributed by atoms with van der Waals surface area (Å²) in [6.07, 6.45) is 9.02. The van der Waals surface area contributed by atoms with Gasteiger partial charge >= 0.3 is 0 Å². The third-order valence-electron chi connectivity index (χ3n) is 4.23. The summed E-state index contributed by atoms with van der Waals surface area (Å²) in [6, 6.07) is 10.8. The molecule has 1 aromatic carbocycles. The number of aliphatic imine (C=N–C) groups is 1. The Morgan fingerprint density at radius 3 is 2.52 bits per heavy atom. The topological polar surface area (TPSA) is 92.6 Å². The Bertz CT molecular complexity index is 693. The first-order valence-electron chi connectivity index (χ1n) is 9.66. The van der Waals surface area contributed by atoms with Crippen LogP contribution in [-0.2, 0) is 6.54 Å². The molecule has 0 atom stereocenters. The first-order chi connectivity index (χ1) is 13.2. The molecule has 0 aliphatic heterocycles. The molecular formula is C21H30N4O2. The molecule has 4 N–H and O–H groups in total. The maximum Gasteiger partial charge on any atom is 0.291 e. The van der Waals surface area contributed by atoms with Crippen LogP contribution in [0, 0.1) is 0 Å². The highest BCUT2D eigenvalue weighted by molar-refractivity contribution is 6.02. The minimum absolute atomic E-state index is 0.270. The Hall–Kier alpha value is -2.76. The van der Waals surface area contributed by atoms with Crippen molar-refractivity contribution in [3.05, 3.63) is 54.0 Å². The molecular weight excluding hydrogens is 340 g/mol. The van der Waals surface area contributed by atoms with Crippen molar-refractivity contribution >= 4 is 17.6 Å². The van der Waals surface area contributed by atoms with Crippen LogP contribution < -0.4 is 16.4 Å². The van der Waals surface area contributed by atoms with Gasteiger partial charge in [-0.25, -0.2) is 4.99 Å². The van der Waals surface area contributed by atoms with Crippen LogP contribution in [-0.4, -0.2) is 18.4 Å². The molecule has 0 radical (unpaired) electrons. The summed E-state index contributed by atoms with van der Waals surface area (Å²) in [5.74, 6) is 0.487. The van der Waals surface area contributed by atoms with Gasteiger partial charge in [-0.05, 0) is 36.2 Å². The number of carbonyl (C=O) groups is 1. The van der Waals surface area contributed by atoms with Gasteiger partial charge in [0, 0.05) is 12.2 Å². The third kappa shape index (κ3) is 7.98. The quantitative estimate of drug-likeness (QED) is 0.312. The molecule has 27 heavy (non-hydrogen) atoms. The summed E-state index contributed by atoms with van der Waals surface area (Å²) in [5.41, 5.74) is 7.64. The predicted octanol–water partition coefficient (Wildman–Crippen LogP) is 4.30. The number of furan rings is 1. The molecule has 6 nitrogen and oxygen atoms in total. The lowest BCUT2D eigenvalue weighted by atomic mass is 10.1. The summed E-state index contributed by atoms with van der Waals surface area (Å²) in [4.78, 5) is 16.3. The number of nitrogens with one attached hydrogen (secondary N) is 2. The molecule has 2 aromatic rings. The average molecular weight is 370 g/mol. The van der Waals surface area contributed by atoms with E-state index in [1.165, 1.54) is 38.4 Å². The minimum atomic E-state index is -0.270. The highest BCUT2D eigenvalue weighted by atomic mass is 16.3. The van der Waals surface area contributed by atoms with E-state index in [0.717, 1.165) is 18.5 Å². The fraction of sp³-hybridized carbons (Fsp3) is 0.429. The number of hydrogen-bond donors (Lipinski definition) is 3. The van der Waals surface area contributed by atoms with E-state index >= 15 is 0 Å². The van der Waals surface area contributed by atoms with Gasteiger partial charge in [-0.1, -0.05) is 51.2 Å². The van der Waals surface area contributed by atoms with Crippen molar-refractivity contribution in [2.24, 2.45) is 10.7 Å². The molecule has 0 spiro atoms. The van der Waals surface area contributed by atoms with Gasteiger partial charge in [0.05, 0.1) is 12.8 Å². The Kier molecular flexibility index (Phi) is 8.96. The molecule has 0 unspecified atom stereocenters. The van der Waals surface area contributed by atoms with Gasteiger partial charge in [-0.15, -0.1) is 0 Å². The van der Waals surface area contributed by atoms with Crippen LogP contribution in [0.4, 0.5) is 5.69 Å². The van der Waals surface area contributed by atoms with Gasteiger partial charge in [0.25, 0.3) is 5.91 Å². The van der Waals surface area contributed by atoms with Crippen molar-refractivity contribution < 1.29 is 9.21 Å². The van der Waals surface area contributed by atoms with Crippen molar-refractivity contribution in [2.45, 2.75) is 52.0 Å². The number of guanidine groups is 1. The molecule has 0 aliphatic rings. The molecule has 146 valence electrons. The second kappa shape index (κ2) is 11.8. The Labute approximate surface area is 161 Å². The minimum Gasteiger partial charge on any atom is -0.459 e. The number of anilines is 1. The lowest BCUT2D eigenvalue weighted by Gasteiger charge is -2.06. The average Bonchev–Trinajstić information content (AvgIpc) is 3.22. The predicted molar refractivity (Wildman–Crippen MR) is 110 cm³/mol. The van der Waals surface area contributed by atoms with Gasteiger partial charge < -0.3 is 20.8 Å². The van der Waals surface area contributed by atoms with Crippen LogP contribution in [0.5, 0.6) is 0 Å². The van der Waals surface area contributed by atoms with Gasteiger partial charge in [-0.2, -0.15) is 0 Å². The fourth-order valence-corrected chi connectivity index (χ4v) is 2.65. The second-order valence-electron chi connectivity index (χ2n) is 6.52. The highest BCUT2D eigenvalue weighted by Gasteiger charge is 2.08. The van der Waals surface area contributed by atoms with Crippen LogP contribution in [0.3, 0.4) is 0 Å².